The molecule has 2 heterocycles. The minimum absolute atomic E-state index is 0.144. The highest BCUT2D eigenvalue weighted by Crippen LogP contribution is 2.22. The van der Waals surface area contributed by atoms with Crippen LogP contribution < -0.4 is 5.32 Å². The summed E-state index contributed by atoms with van der Waals surface area (Å²) in [5.74, 6) is 0.752. The molecule has 0 aliphatic rings. The van der Waals surface area contributed by atoms with Crippen LogP contribution >= 0.6 is 0 Å². The molecular weight excluding hydrogens is 312 g/mol. The summed E-state index contributed by atoms with van der Waals surface area (Å²) >= 11 is 0. The number of nitrogens with zero attached hydrogens (tertiary/aromatic N) is 5. The quantitative estimate of drug-likeness (QED) is 0.560. The van der Waals surface area contributed by atoms with Gasteiger partial charge >= 0.3 is 0 Å². The maximum Gasteiger partial charge on any atom is 0.270 e. The zero-order valence-electron chi connectivity index (χ0n) is 12.2. The van der Waals surface area contributed by atoms with Crippen LogP contribution in [0.2, 0.25) is 0 Å². The summed E-state index contributed by atoms with van der Waals surface area (Å²) in [6, 6.07) is 9.42. The number of pyridine rings is 1. The number of nitro groups is 1. The molecular formula is C15H10N6O3. The molecule has 1 N–H and O–H groups in total. The fourth-order valence-electron chi connectivity index (χ4n) is 2.01. The summed E-state index contributed by atoms with van der Waals surface area (Å²) in [5.41, 5.74) is 1.24. The van der Waals surface area contributed by atoms with Gasteiger partial charge in [-0.05, 0) is 18.2 Å². The fraction of sp³-hybridized carbons (Fsp3) is 0.0667. The van der Waals surface area contributed by atoms with Gasteiger partial charge in [-0.1, -0.05) is 5.16 Å². The predicted molar refractivity (Wildman–Crippen MR) is 82.7 cm³/mol. The van der Waals surface area contributed by atoms with E-state index in [2.05, 4.69) is 20.4 Å². The van der Waals surface area contributed by atoms with E-state index in [4.69, 9.17) is 9.78 Å². The first-order valence-electron chi connectivity index (χ1n) is 6.83. The van der Waals surface area contributed by atoms with Gasteiger partial charge in [-0.2, -0.15) is 10.2 Å². The minimum Gasteiger partial charge on any atom is -0.375 e. The van der Waals surface area contributed by atoms with Crippen molar-refractivity contribution in [3.8, 4) is 17.5 Å². The van der Waals surface area contributed by atoms with Crippen molar-refractivity contribution < 1.29 is 9.45 Å². The van der Waals surface area contributed by atoms with Crippen LogP contribution in [0.25, 0.3) is 11.4 Å². The topological polar surface area (TPSA) is 131 Å². The number of nitro benzene ring substituents is 1. The third-order valence-corrected chi connectivity index (χ3v) is 3.17. The Kier molecular flexibility index (Phi) is 4.11. The average molecular weight is 322 g/mol. The third-order valence-electron chi connectivity index (χ3n) is 3.17. The Bertz CT molecular complexity index is 916. The highest BCUT2D eigenvalue weighted by Gasteiger charge is 2.12. The fourth-order valence-corrected chi connectivity index (χ4v) is 2.01. The lowest BCUT2D eigenvalue weighted by Crippen LogP contribution is -2.02. The molecule has 9 heteroatoms. The second kappa shape index (κ2) is 6.53. The first-order valence-corrected chi connectivity index (χ1v) is 6.83. The number of anilines is 1. The van der Waals surface area contributed by atoms with Crippen LogP contribution in [0.15, 0.2) is 47.2 Å². The van der Waals surface area contributed by atoms with E-state index in [1.807, 2.05) is 6.07 Å². The van der Waals surface area contributed by atoms with Crippen LogP contribution in [-0.4, -0.2) is 20.0 Å². The molecule has 9 nitrogen and oxygen atoms in total. The Morgan fingerprint density at radius 2 is 2.08 bits per heavy atom. The summed E-state index contributed by atoms with van der Waals surface area (Å²) < 4.78 is 5.14. The standard InChI is InChI=1S/C15H10N6O3/c16-8-11-7-12(21(22)23)1-2-13(11)18-9-14-19-15(20-24-14)10-3-5-17-6-4-10/h1-7,18H,9H2. The highest BCUT2D eigenvalue weighted by molar-refractivity contribution is 5.61. The van der Waals surface area contributed by atoms with Crippen molar-refractivity contribution in [3.63, 3.8) is 0 Å². The van der Waals surface area contributed by atoms with Crippen LogP contribution in [0.5, 0.6) is 0 Å². The number of nitriles is 1. The van der Waals surface area contributed by atoms with Gasteiger partial charge < -0.3 is 9.84 Å². The second-order valence-electron chi connectivity index (χ2n) is 4.70. The molecule has 24 heavy (non-hydrogen) atoms. The molecule has 3 rings (SSSR count). The van der Waals surface area contributed by atoms with E-state index in [9.17, 15) is 10.1 Å². The molecule has 118 valence electrons. The van der Waals surface area contributed by atoms with Crippen molar-refractivity contribution in [3.05, 3.63) is 64.3 Å². The maximum absolute atomic E-state index is 10.7. The van der Waals surface area contributed by atoms with Gasteiger partial charge in [0.25, 0.3) is 5.69 Å². The molecule has 0 bridgehead atoms. The second-order valence-corrected chi connectivity index (χ2v) is 4.70. The average Bonchev–Trinajstić information content (AvgIpc) is 3.09. The van der Waals surface area contributed by atoms with Crippen molar-refractivity contribution >= 4 is 11.4 Å². The van der Waals surface area contributed by atoms with Crippen molar-refractivity contribution in [2.75, 3.05) is 5.32 Å². The van der Waals surface area contributed by atoms with Crippen molar-refractivity contribution in [1.82, 2.24) is 15.1 Å². The zero-order valence-corrected chi connectivity index (χ0v) is 12.2. The van der Waals surface area contributed by atoms with E-state index in [0.717, 1.165) is 5.56 Å². The van der Waals surface area contributed by atoms with Gasteiger partial charge in [0.15, 0.2) is 0 Å². The number of non-ortho nitro benzene ring substituents is 1. The van der Waals surface area contributed by atoms with Gasteiger partial charge in [0.2, 0.25) is 11.7 Å². The number of rotatable bonds is 5. The van der Waals surface area contributed by atoms with Gasteiger partial charge in [0, 0.05) is 30.1 Å². The predicted octanol–water partition coefficient (Wildman–Crippen LogP) is 2.52. The molecule has 0 fully saturated rings. The van der Waals surface area contributed by atoms with Gasteiger partial charge in [-0.25, -0.2) is 0 Å². The SMILES string of the molecule is N#Cc1cc([N+](=O)[O-])ccc1NCc1nc(-c2ccncc2)no1. The van der Waals surface area contributed by atoms with E-state index < -0.39 is 4.92 Å². The molecule has 0 aliphatic carbocycles. The molecule has 0 aliphatic heterocycles. The number of benzene rings is 1. The van der Waals surface area contributed by atoms with Crippen molar-refractivity contribution in [2.45, 2.75) is 6.54 Å². The van der Waals surface area contributed by atoms with Gasteiger partial charge in [-0.3, -0.25) is 15.1 Å². The lowest BCUT2D eigenvalue weighted by Gasteiger charge is -2.05. The summed E-state index contributed by atoms with van der Waals surface area (Å²) in [6.45, 7) is 0.185. The summed E-state index contributed by atoms with van der Waals surface area (Å²) in [4.78, 5) is 18.3. The van der Waals surface area contributed by atoms with E-state index in [0.29, 0.717) is 17.4 Å². The Morgan fingerprint density at radius 1 is 1.29 bits per heavy atom. The Hall–Kier alpha value is -3.80. The van der Waals surface area contributed by atoms with E-state index >= 15 is 0 Å². The Morgan fingerprint density at radius 3 is 2.79 bits per heavy atom. The summed E-state index contributed by atoms with van der Waals surface area (Å²) in [5, 5.41) is 26.7. The van der Waals surface area contributed by atoms with E-state index in [-0.39, 0.29) is 17.8 Å². The molecule has 0 radical (unpaired) electrons. The number of nitrogens with one attached hydrogen (secondary N) is 1. The number of aromatic nitrogens is 3. The minimum atomic E-state index is -0.552. The van der Waals surface area contributed by atoms with Gasteiger partial charge in [0.05, 0.1) is 22.7 Å². The first-order chi connectivity index (χ1) is 11.7. The zero-order chi connectivity index (χ0) is 16.9. The summed E-state index contributed by atoms with van der Waals surface area (Å²) in [7, 11) is 0. The molecule has 1 aromatic carbocycles. The Labute approximate surface area is 135 Å². The van der Waals surface area contributed by atoms with Gasteiger partial charge in [-0.15, -0.1) is 0 Å². The molecule has 2 aromatic heterocycles. The molecule has 0 amide bonds. The normalized spacial score (nSPS) is 10.1. The molecule has 0 unspecified atom stereocenters. The number of hydrogen-bond acceptors (Lipinski definition) is 8. The smallest absolute Gasteiger partial charge is 0.270 e. The van der Waals surface area contributed by atoms with Crippen molar-refractivity contribution in [2.24, 2.45) is 0 Å². The van der Waals surface area contributed by atoms with Crippen molar-refractivity contribution in [1.29, 1.82) is 5.26 Å². The Balaban J connectivity index is 1.74. The van der Waals surface area contributed by atoms with Crippen LogP contribution in [0, 0.1) is 21.4 Å². The lowest BCUT2D eigenvalue weighted by molar-refractivity contribution is -0.384. The van der Waals surface area contributed by atoms with Crippen LogP contribution in [0.1, 0.15) is 11.5 Å². The molecule has 0 saturated heterocycles. The molecule has 0 spiro atoms. The van der Waals surface area contributed by atoms with E-state index in [1.54, 1.807) is 24.5 Å². The van der Waals surface area contributed by atoms with Crippen LogP contribution in [0.4, 0.5) is 11.4 Å². The molecule has 0 atom stereocenters. The van der Waals surface area contributed by atoms with Crippen LogP contribution in [-0.2, 0) is 6.54 Å². The monoisotopic (exact) mass is 322 g/mol. The van der Waals surface area contributed by atoms with E-state index in [1.165, 1.54) is 18.2 Å². The third kappa shape index (κ3) is 3.17. The molecule has 0 saturated carbocycles. The lowest BCUT2D eigenvalue weighted by atomic mass is 10.1. The van der Waals surface area contributed by atoms with Gasteiger partial charge in [0.1, 0.15) is 6.07 Å². The maximum atomic E-state index is 10.7. The largest absolute Gasteiger partial charge is 0.375 e. The first kappa shape index (κ1) is 15.1. The number of hydrogen-bond donors (Lipinski definition) is 1. The molecule has 3 aromatic rings. The summed E-state index contributed by atoms with van der Waals surface area (Å²) in [6.07, 6.45) is 3.25. The van der Waals surface area contributed by atoms with Crippen LogP contribution in [0.3, 0.4) is 0 Å². The highest BCUT2D eigenvalue weighted by atomic mass is 16.6.